The van der Waals surface area contributed by atoms with Gasteiger partial charge in [0.15, 0.2) is 0 Å². The van der Waals surface area contributed by atoms with Gasteiger partial charge in [-0.3, -0.25) is 4.79 Å². The van der Waals surface area contributed by atoms with Crippen LogP contribution in [0.5, 0.6) is 0 Å². The molecule has 2 aromatic rings. The summed E-state index contributed by atoms with van der Waals surface area (Å²) in [4.78, 5) is 15.1. The van der Waals surface area contributed by atoms with E-state index in [1.807, 2.05) is 29.2 Å². The van der Waals surface area contributed by atoms with E-state index in [1.165, 1.54) is 4.70 Å². The summed E-state index contributed by atoms with van der Waals surface area (Å²) in [5.41, 5.74) is 5.93. The summed E-state index contributed by atoms with van der Waals surface area (Å²) in [7, 11) is 0. The molecule has 1 amide bonds. The maximum atomic E-state index is 12.4. The molecular weight excluding hydrogens is 244 g/mol. The minimum Gasteiger partial charge on any atom is -0.336 e. The summed E-state index contributed by atoms with van der Waals surface area (Å²) in [6.07, 6.45) is 2.04. The molecule has 1 aliphatic rings. The van der Waals surface area contributed by atoms with Crippen molar-refractivity contribution in [1.29, 1.82) is 0 Å². The van der Waals surface area contributed by atoms with Gasteiger partial charge in [0.2, 0.25) is 0 Å². The first-order valence-electron chi connectivity index (χ1n) is 6.27. The molecule has 1 saturated heterocycles. The monoisotopic (exact) mass is 260 g/mol. The molecule has 1 aliphatic heterocycles. The molecule has 2 N–H and O–H groups in total. The van der Waals surface area contributed by atoms with Crippen LogP contribution in [0.2, 0.25) is 0 Å². The van der Waals surface area contributed by atoms with Crippen LogP contribution in [0.3, 0.4) is 0 Å². The fourth-order valence-electron chi connectivity index (χ4n) is 2.44. The third kappa shape index (κ3) is 2.13. The van der Waals surface area contributed by atoms with Crippen molar-refractivity contribution in [2.45, 2.75) is 18.9 Å². The summed E-state index contributed by atoms with van der Waals surface area (Å²) in [5, 5.41) is 1.15. The van der Waals surface area contributed by atoms with E-state index in [0.717, 1.165) is 29.6 Å². The average molecular weight is 260 g/mol. The van der Waals surface area contributed by atoms with Gasteiger partial charge in [0.05, 0.1) is 4.88 Å². The van der Waals surface area contributed by atoms with E-state index >= 15 is 0 Å². The number of hydrogen-bond acceptors (Lipinski definition) is 3. The van der Waals surface area contributed by atoms with Gasteiger partial charge in [-0.15, -0.1) is 11.3 Å². The van der Waals surface area contributed by atoms with Crippen LogP contribution in [0.4, 0.5) is 0 Å². The van der Waals surface area contributed by atoms with Gasteiger partial charge in [-0.25, -0.2) is 0 Å². The molecule has 1 aromatic carbocycles. The zero-order valence-electron chi connectivity index (χ0n) is 10.1. The van der Waals surface area contributed by atoms with Gasteiger partial charge >= 0.3 is 0 Å². The molecule has 0 saturated carbocycles. The van der Waals surface area contributed by atoms with E-state index in [-0.39, 0.29) is 11.9 Å². The zero-order valence-corrected chi connectivity index (χ0v) is 11.0. The molecule has 94 valence electrons. The molecule has 0 bridgehead atoms. The number of carbonyl (C=O) groups is 1. The number of thiophene rings is 1. The molecule has 3 rings (SSSR count). The second-order valence-electron chi connectivity index (χ2n) is 4.80. The molecule has 0 unspecified atom stereocenters. The lowest BCUT2D eigenvalue weighted by molar-refractivity contribution is 0.0714. The van der Waals surface area contributed by atoms with Crippen LogP contribution in [0, 0.1) is 0 Å². The third-order valence-corrected chi connectivity index (χ3v) is 4.49. The summed E-state index contributed by atoms with van der Waals surface area (Å²) in [6.45, 7) is 1.52. The number of nitrogens with zero attached hydrogens (tertiary/aromatic N) is 1. The number of nitrogens with two attached hydrogens (primary N) is 1. The smallest absolute Gasteiger partial charge is 0.264 e. The number of carbonyl (C=O) groups excluding carboxylic acids is 1. The highest BCUT2D eigenvalue weighted by Gasteiger charge is 2.23. The first kappa shape index (κ1) is 11.7. The van der Waals surface area contributed by atoms with Gasteiger partial charge in [-0.1, -0.05) is 18.2 Å². The van der Waals surface area contributed by atoms with Crippen molar-refractivity contribution in [1.82, 2.24) is 4.90 Å². The zero-order chi connectivity index (χ0) is 12.5. The van der Waals surface area contributed by atoms with Crippen LogP contribution in [0.1, 0.15) is 22.5 Å². The largest absolute Gasteiger partial charge is 0.336 e. The van der Waals surface area contributed by atoms with Crippen LogP contribution in [-0.2, 0) is 0 Å². The first-order valence-corrected chi connectivity index (χ1v) is 7.09. The molecular formula is C14H16N2OS. The van der Waals surface area contributed by atoms with E-state index < -0.39 is 0 Å². The van der Waals surface area contributed by atoms with E-state index in [0.29, 0.717) is 6.54 Å². The number of fused-ring (bicyclic) bond motifs is 1. The summed E-state index contributed by atoms with van der Waals surface area (Å²) in [6, 6.07) is 10.2. The molecule has 18 heavy (non-hydrogen) atoms. The van der Waals surface area contributed by atoms with Gasteiger partial charge in [-0.05, 0) is 30.4 Å². The second-order valence-corrected chi connectivity index (χ2v) is 5.89. The number of likely N-dealkylation sites (tertiary alicyclic amines) is 1. The molecule has 3 nitrogen and oxygen atoms in total. The average Bonchev–Trinajstić information content (AvgIpc) is 2.81. The number of amides is 1. The Labute approximate surface area is 110 Å². The van der Waals surface area contributed by atoms with Crippen LogP contribution in [0.15, 0.2) is 30.3 Å². The Hall–Kier alpha value is -1.39. The Morgan fingerprint density at radius 1 is 1.39 bits per heavy atom. The van der Waals surface area contributed by atoms with E-state index in [9.17, 15) is 4.79 Å². The molecule has 1 fully saturated rings. The van der Waals surface area contributed by atoms with Gasteiger partial charge in [0.25, 0.3) is 5.91 Å². The van der Waals surface area contributed by atoms with Gasteiger partial charge < -0.3 is 10.6 Å². The Morgan fingerprint density at radius 2 is 2.22 bits per heavy atom. The summed E-state index contributed by atoms with van der Waals surface area (Å²) >= 11 is 1.57. The Bertz CT molecular complexity index is 545. The maximum Gasteiger partial charge on any atom is 0.264 e. The van der Waals surface area contributed by atoms with Gasteiger partial charge in [0, 0.05) is 23.8 Å². The predicted molar refractivity (Wildman–Crippen MR) is 74.9 cm³/mol. The Morgan fingerprint density at radius 3 is 3.00 bits per heavy atom. The Kier molecular flexibility index (Phi) is 3.06. The van der Waals surface area contributed by atoms with E-state index in [2.05, 4.69) is 6.07 Å². The fourth-order valence-corrected chi connectivity index (χ4v) is 3.47. The van der Waals surface area contributed by atoms with Gasteiger partial charge in [0.1, 0.15) is 0 Å². The minimum atomic E-state index is 0.131. The lowest BCUT2D eigenvalue weighted by atomic mass is 10.1. The van der Waals surface area contributed by atoms with Gasteiger partial charge in [-0.2, -0.15) is 0 Å². The molecule has 1 atom stereocenters. The highest BCUT2D eigenvalue weighted by Crippen LogP contribution is 2.27. The summed E-state index contributed by atoms with van der Waals surface area (Å²) < 4.78 is 1.17. The van der Waals surface area contributed by atoms with Crippen molar-refractivity contribution in [3.63, 3.8) is 0 Å². The predicted octanol–water partition coefficient (Wildman–Crippen LogP) is 2.46. The Balaban J connectivity index is 1.87. The highest BCUT2D eigenvalue weighted by atomic mass is 32.1. The van der Waals surface area contributed by atoms with Crippen molar-refractivity contribution >= 4 is 27.3 Å². The van der Waals surface area contributed by atoms with Crippen LogP contribution >= 0.6 is 11.3 Å². The fraction of sp³-hybridized carbons (Fsp3) is 0.357. The molecule has 0 aliphatic carbocycles. The third-order valence-electron chi connectivity index (χ3n) is 3.38. The van der Waals surface area contributed by atoms with Crippen molar-refractivity contribution in [2.24, 2.45) is 5.73 Å². The first-order chi connectivity index (χ1) is 8.74. The van der Waals surface area contributed by atoms with Crippen LogP contribution < -0.4 is 5.73 Å². The van der Waals surface area contributed by atoms with E-state index in [1.54, 1.807) is 11.3 Å². The van der Waals surface area contributed by atoms with Crippen LogP contribution in [-0.4, -0.2) is 29.9 Å². The highest BCUT2D eigenvalue weighted by molar-refractivity contribution is 7.20. The molecule has 0 spiro atoms. The van der Waals surface area contributed by atoms with Crippen molar-refractivity contribution in [3.8, 4) is 0 Å². The topological polar surface area (TPSA) is 46.3 Å². The number of piperidine rings is 1. The lowest BCUT2D eigenvalue weighted by Gasteiger charge is -2.30. The van der Waals surface area contributed by atoms with Crippen LogP contribution in [0.25, 0.3) is 10.1 Å². The van der Waals surface area contributed by atoms with Crippen molar-refractivity contribution in [3.05, 3.63) is 35.2 Å². The standard InChI is InChI=1S/C14H16N2OS/c15-11-5-3-7-16(9-11)14(17)13-8-10-4-1-2-6-12(10)18-13/h1-2,4,6,8,11H,3,5,7,9,15H2/t11-/m0/s1. The molecule has 1 aromatic heterocycles. The number of rotatable bonds is 1. The van der Waals surface area contributed by atoms with Crippen molar-refractivity contribution < 1.29 is 4.79 Å². The number of benzene rings is 1. The SMILES string of the molecule is N[C@H]1CCCN(C(=O)c2cc3ccccc3s2)C1. The molecule has 2 heterocycles. The molecule has 4 heteroatoms. The molecule has 0 radical (unpaired) electrons. The number of hydrogen-bond donors (Lipinski definition) is 1. The maximum absolute atomic E-state index is 12.4. The second kappa shape index (κ2) is 4.71. The van der Waals surface area contributed by atoms with Crippen molar-refractivity contribution in [2.75, 3.05) is 13.1 Å². The van der Waals surface area contributed by atoms with E-state index in [4.69, 9.17) is 5.73 Å². The lowest BCUT2D eigenvalue weighted by Crippen LogP contribution is -2.45. The summed E-state index contributed by atoms with van der Waals surface area (Å²) in [5.74, 6) is 0.131. The quantitative estimate of drug-likeness (QED) is 0.856. The normalized spacial score (nSPS) is 20.3. The minimum absolute atomic E-state index is 0.131.